The number of aromatic nitrogens is 1. The summed E-state index contributed by atoms with van der Waals surface area (Å²) in [5.41, 5.74) is 2.32. The van der Waals surface area contributed by atoms with Crippen LogP contribution in [0.15, 0.2) is 41.3 Å². The molecule has 0 spiro atoms. The molecule has 1 aromatic heterocycles. The van der Waals surface area contributed by atoms with Crippen molar-refractivity contribution in [3.05, 3.63) is 42.6 Å². The molecule has 0 aliphatic carbocycles. The third-order valence-corrected chi connectivity index (χ3v) is 3.19. The summed E-state index contributed by atoms with van der Waals surface area (Å²) >= 11 is 0. The lowest BCUT2D eigenvalue weighted by atomic mass is 10.2. The van der Waals surface area contributed by atoms with Gasteiger partial charge in [0.25, 0.3) is 0 Å². The molecule has 1 aliphatic heterocycles. The van der Waals surface area contributed by atoms with E-state index in [2.05, 4.69) is 39.5 Å². The van der Waals surface area contributed by atoms with Gasteiger partial charge in [-0.25, -0.2) is 4.98 Å². The minimum absolute atomic E-state index is 0.650. The lowest BCUT2D eigenvalue weighted by Crippen LogP contribution is -2.36. The fourth-order valence-electron chi connectivity index (χ4n) is 2.13. The highest BCUT2D eigenvalue weighted by Gasteiger charge is 2.10. The second-order valence-corrected chi connectivity index (χ2v) is 4.47. The van der Waals surface area contributed by atoms with E-state index >= 15 is 0 Å². The molecule has 1 saturated heterocycles. The van der Waals surface area contributed by atoms with Gasteiger partial charge in [-0.05, 0) is 24.3 Å². The lowest BCUT2D eigenvalue weighted by Gasteiger charge is -2.28. The van der Waals surface area contributed by atoms with Crippen LogP contribution in [0.25, 0.3) is 0 Å². The number of anilines is 2. The van der Waals surface area contributed by atoms with Crippen molar-refractivity contribution in [3.63, 3.8) is 0 Å². The van der Waals surface area contributed by atoms with Crippen LogP contribution in [0, 0.1) is 0 Å². The number of nitrogens with zero attached hydrogens (tertiary/aromatic N) is 2. The van der Waals surface area contributed by atoms with Crippen LogP contribution in [-0.2, 0) is 11.3 Å². The van der Waals surface area contributed by atoms with Gasteiger partial charge in [-0.3, -0.25) is 0 Å². The van der Waals surface area contributed by atoms with Crippen molar-refractivity contribution < 1.29 is 9.15 Å². The van der Waals surface area contributed by atoms with E-state index in [9.17, 15) is 0 Å². The minimum Gasteiger partial charge on any atom is -0.447 e. The fourth-order valence-corrected chi connectivity index (χ4v) is 2.13. The zero-order valence-corrected chi connectivity index (χ0v) is 10.7. The summed E-state index contributed by atoms with van der Waals surface area (Å²) < 4.78 is 10.5. The maximum atomic E-state index is 5.35. The molecular weight excluding hydrogens is 242 g/mol. The van der Waals surface area contributed by atoms with Crippen molar-refractivity contribution in [3.8, 4) is 0 Å². The molecule has 2 aromatic rings. The van der Waals surface area contributed by atoms with Crippen LogP contribution in [0.2, 0.25) is 0 Å². The molecule has 5 nitrogen and oxygen atoms in total. The Balaban J connectivity index is 1.58. The van der Waals surface area contributed by atoms with Crippen LogP contribution in [-0.4, -0.2) is 31.3 Å². The SMILES string of the molecule is c1ncc(CNc2ccc(N3CCOCC3)cc2)o1. The number of hydrogen-bond acceptors (Lipinski definition) is 5. The molecule has 0 unspecified atom stereocenters. The van der Waals surface area contributed by atoms with Crippen LogP contribution < -0.4 is 10.2 Å². The van der Waals surface area contributed by atoms with Gasteiger partial charge in [-0.2, -0.15) is 0 Å². The average molecular weight is 259 g/mol. The fraction of sp³-hybridized carbons (Fsp3) is 0.357. The minimum atomic E-state index is 0.650. The third kappa shape index (κ3) is 3.06. The van der Waals surface area contributed by atoms with Crippen LogP contribution >= 0.6 is 0 Å². The second kappa shape index (κ2) is 5.75. The first-order chi connectivity index (χ1) is 9.42. The molecule has 1 aromatic carbocycles. The van der Waals surface area contributed by atoms with Crippen molar-refractivity contribution in [2.24, 2.45) is 0 Å². The van der Waals surface area contributed by atoms with E-state index in [1.807, 2.05) is 0 Å². The van der Waals surface area contributed by atoms with Gasteiger partial charge in [0.05, 0.1) is 26.0 Å². The lowest BCUT2D eigenvalue weighted by molar-refractivity contribution is 0.122. The molecule has 5 heteroatoms. The molecular formula is C14H17N3O2. The van der Waals surface area contributed by atoms with E-state index in [1.54, 1.807) is 6.20 Å². The van der Waals surface area contributed by atoms with Gasteiger partial charge in [0.15, 0.2) is 6.39 Å². The molecule has 0 radical (unpaired) electrons. The molecule has 1 aliphatic rings. The molecule has 100 valence electrons. The van der Waals surface area contributed by atoms with Gasteiger partial charge in [-0.15, -0.1) is 0 Å². The zero-order chi connectivity index (χ0) is 12.9. The van der Waals surface area contributed by atoms with Crippen molar-refractivity contribution in [2.45, 2.75) is 6.54 Å². The zero-order valence-electron chi connectivity index (χ0n) is 10.7. The Morgan fingerprint density at radius 2 is 1.95 bits per heavy atom. The number of ether oxygens (including phenoxy) is 1. The normalized spacial score (nSPS) is 15.5. The molecule has 0 saturated carbocycles. The first kappa shape index (κ1) is 12.0. The Bertz CT molecular complexity index is 490. The molecule has 0 amide bonds. The summed E-state index contributed by atoms with van der Waals surface area (Å²) in [5.74, 6) is 0.831. The Morgan fingerprint density at radius 1 is 1.16 bits per heavy atom. The molecule has 0 atom stereocenters. The van der Waals surface area contributed by atoms with Gasteiger partial charge in [0, 0.05) is 24.5 Å². The first-order valence-electron chi connectivity index (χ1n) is 6.46. The largest absolute Gasteiger partial charge is 0.447 e. The Kier molecular flexibility index (Phi) is 3.65. The van der Waals surface area contributed by atoms with E-state index < -0.39 is 0 Å². The smallest absolute Gasteiger partial charge is 0.180 e. The Hall–Kier alpha value is -2.01. The van der Waals surface area contributed by atoms with E-state index in [0.29, 0.717) is 6.54 Å². The van der Waals surface area contributed by atoms with Gasteiger partial charge >= 0.3 is 0 Å². The maximum absolute atomic E-state index is 5.35. The van der Waals surface area contributed by atoms with Crippen LogP contribution in [0.5, 0.6) is 0 Å². The van der Waals surface area contributed by atoms with E-state index in [0.717, 1.165) is 37.8 Å². The molecule has 2 heterocycles. The predicted molar refractivity (Wildman–Crippen MR) is 73.3 cm³/mol. The Labute approximate surface area is 112 Å². The monoisotopic (exact) mass is 259 g/mol. The highest BCUT2D eigenvalue weighted by Crippen LogP contribution is 2.19. The van der Waals surface area contributed by atoms with Gasteiger partial charge < -0.3 is 19.4 Å². The van der Waals surface area contributed by atoms with Gasteiger partial charge in [0.1, 0.15) is 5.76 Å². The number of nitrogens with one attached hydrogen (secondary N) is 1. The van der Waals surface area contributed by atoms with E-state index in [4.69, 9.17) is 9.15 Å². The third-order valence-electron chi connectivity index (χ3n) is 3.19. The molecule has 19 heavy (non-hydrogen) atoms. The van der Waals surface area contributed by atoms with Crippen molar-refractivity contribution >= 4 is 11.4 Å². The molecule has 1 fully saturated rings. The first-order valence-corrected chi connectivity index (χ1v) is 6.46. The predicted octanol–water partition coefficient (Wildman–Crippen LogP) is 2.12. The average Bonchev–Trinajstić information content (AvgIpc) is 3.00. The standard InChI is InChI=1S/C14H17N3O2/c1-3-13(17-5-7-18-8-6-17)4-2-12(1)16-10-14-9-15-11-19-14/h1-4,9,11,16H,5-8,10H2. The number of rotatable bonds is 4. The highest BCUT2D eigenvalue weighted by molar-refractivity contribution is 5.55. The summed E-state index contributed by atoms with van der Waals surface area (Å²) in [4.78, 5) is 6.22. The van der Waals surface area contributed by atoms with Crippen molar-refractivity contribution in [2.75, 3.05) is 36.5 Å². The summed E-state index contributed by atoms with van der Waals surface area (Å²) in [5, 5.41) is 3.30. The molecule has 0 bridgehead atoms. The summed E-state index contributed by atoms with van der Waals surface area (Å²) in [6.45, 7) is 4.20. The Morgan fingerprint density at radius 3 is 2.63 bits per heavy atom. The van der Waals surface area contributed by atoms with Crippen LogP contribution in [0.1, 0.15) is 5.76 Å². The highest BCUT2D eigenvalue weighted by atomic mass is 16.5. The van der Waals surface area contributed by atoms with E-state index in [1.165, 1.54) is 12.1 Å². The number of hydrogen-bond donors (Lipinski definition) is 1. The summed E-state index contributed by atoms with van der Waals surface area (Å²) in [7, 11) is 0. The molecule has 1 N–H and O–H groups in total. The topological polar surface area (TPSA) is 50.5 Å². The van der Waals surface area contributed by atoms with E-state index in [-0.39, 0.29) is 0 Å². The second-order valence-electron chi connectivity index (χ2n) is 4.47. The quantitative estimate of drug-likeness (QED) is 0.911. The van der Waals surface area contributed by atoms with Crippen LogP contribution in [0.4, 0.5) is 11.4 Å². The maximum Gasteiger partial charge on any atom is 0.180 e. The van der Waals surface area contributed by atoms with Crippen molar-refractivity contribution in [1.82, 2.24) is 4.98 Å². The number of morpholine rings is 1. The number of oxazole rings is 1. The molecule has 3 rings (SSSR count). The summed E-state index contributed by atoms with van der Waals surface area (Å²) in [6, 6.07) is 8.43. The van der Waals surface area contributed by atoms with Gasteiger partial charge in [0.2, 0.25) is 0 Å². The number of benzene rings is 1. The summed E-state index contributed by atoms with van der Waals surface area (Å²) in [6.07, 6.45) is 3.16. The van der Waals surface area contributed by atoms with Gasteiger partial charge in [-0.1, -0.05) is 0 Å². The van der Waals surface area contributed by atoms with Crippen LogP contribution in [0.3, 0.4) is 0 Å². The van der Waals surface area contributed by atoms with Crippen molar-refractivity contribution in [1.29, 1.82) is 0 Å².